The molecule has 0 radical (unpaired) electrons. The van der Waals surface area contributed by atoms with Crippen LogP contribution in [-0.2, 0) is 0 Å². The number of benzene rings is 7. The highest BCUT2D eigenvalue weighted by atomic mass is 16.3. The first-order valence-electron chi connectivity index (χ1n) is 16.7. The van der Waals surface area contributed by atoms with E-state index in [9.17, 15) is 0 Å². The van der Waals surface area contributed by atoms with Crippen molar-refractivity contribution in [2.45, 2.75) is 0 Å². The molecule has 0 atom stereocenters. The highest BCUT2D eigenvalue weighted by Gasteiger charge is 2.19. The molecule has 0 saturated carbocycles. The maximum absolute atomic E-state index is 6.30. The minimum absolute atomic E-state index is 0.524. The predicted molar refractivity (Wildman–Crippen MR) is 205 cm³/mol. The highest BCUT2D eigenvalue weighted by Crippen LogP contribution is 2.37. The molecule has 0 amide bonds. The Morgan fingerprint density at radius 3 is 1.48 bits per heavy atom. The van der Waals surface area contributed by atoms with E-state index >= 15 is 0 Å². The molecule has 0 N–H and O–H groups in total. The summed E-state index contributed by atoms with van der Waals surface area (Å²) in [6, 6.07) is 58.7. The van der Waals surface area contributed by atoms with Gasteiger partial charge < -0.3 is 4.42 Å². The minimum Gasteiger partial charge on any atom is -0.456 e. The van der Waals surface area contributed by atoms with E-state index in [1.807, 2.05) is 60.7 Å². The zero-order valence-corrected chi connectivity index (χ0v) is 26.9. The monoisotopic (exact) mass is 640 g/mol. The molecular formula is C45H28N4O. The van der Waals surface area contributed by atoms with Crippen molar-refractivity contribution in [3.8, 4) is 28.7 Å². The Kier molecular flexibility index (Phi) is 6.42. The molecule has 0 aliphatic carbocycles. The fourth-order valence-electron chi connectivity index (χ4n) is 7.31. The predicted octanol–water partition coefficient (Wildman–Crippen LogP) is 11.6. The Labute approximate surface area is 287 Å². The smallest absolute Gasteiger partial charge is 0.238 e. The van der Waals surface area contributed by atoms with E-state index in [0.717, 1.165) is 65.6 Å². The fraction of sp³-hybridized carbons (Fsp3) is 0. The van der Waals surface area contributed by atoms with Gasteiger partial charge in [0, 0.05) is 32.7 Å². The van der Waals surface area contributed by atoms with Crippen molar-refractivity contribution >= 4 is 65.3 Å². The van der Waals surface area contributed by atoms with Gasteiger partial charge in [0.2, 0.25) is 5.95 Å². The molecule has 234 valence electrons. The van der Waals surface area contributed by atoms with E-state index in [0.29, 0.717) is 17.6 Å². The Hall–Kier alpha value is -6.85. The van der Waals surface area contributed by atoms with E-state index in [1.165, 1.54) is 10.8 Å². The van der Waals surface area contributed by atoms with Crippen molar-refractivity contribution in [2.24, 2.45) is 0 Å². The van der Waals surface area contributed by atoms with Crippen LogP contribution in [0.5, 0.6) is 0 Å². The molecule has 7 aromatic carbocycles. The van der Waals surface area contributed by atoms with Gasteiger partial charge in [-0.3, -0.25) is 4.57 Å². The maximum Gasteiger partial charge on any atom is 0.238 e. The number of fused-ring (bicyclic) bond motifs is 10. The van der Waals surface area contributed by atoms with Crippen molar-refractivity contribution < 1.29 is 4.42 Å². The van der Waals surface area contributed by atoms with Crippen LogP contribution in [0.1, 0.15) is 0 Å². The van der Waals surface area contributed by atoms with Crippen LogP contribution in [0, 0.1) is 0 Å². The van der Waals surface area contributed by atoms with Crippen LogP contribution in [0.3, 0.4) is 0 Å². The van der Waals surface area contributed by atoms with Gasteiger partial charge in [-0.05, 0) is 45.8 Å². The largest absolute Gasteiger partial charge is 0.456 e. The Bertz CT molecular complexity index is 2890. The van der Waals surface area contributed by atoms with Gasteiger partial charge in [-0.1, -0.05) is 146 Å². The first kappa shape index (κ1) is 28.2. The van der Waals surface area contributed by atoms with Crippen molar-refractivity contribution in [2.75, 3.05) is 0 Å². The summed E-state index contributed by atoms with van der Waals surface area (Å²) < 4.78 is 8.50. The van der Waals surface area contributed by atoms with Gasteiger partial charge in [0.05, 0.1) is 11.0 Å². The molecule has 0 saturated heterocycles. The van der Waals surface area contributed by atoms with Crippen LogP contribution in [-0.4, -0.2) is 19.5 Å². The van der Waals surface area contributed by atoms with Crippen molar-refractivity contribution in [1.29, 1.82) is 0 Å². The van der Waals surface area contributed by atoms with Crippen LogP contribution in [0.25, 0.3) is 94.0 Å². The topological polar surface area (TPSA) is 56.7 Å². The van der Waals surface area contributed by atoms with Gasteiger partial charge >= 0.3 is 0 Å². The van der Waals surface area contributed by atoms with Gasteiger partial charge in [-0.2, -0.15) is 9.97 Å². The lowest BCUT2D eigenvalue weighted by molar-refractivity contribution is 0.669. The van der Waals surface area contributed by atoms with Crippen LogP contribution in [0.2, 0.25) is 0 Å². The van der Waals surface area contributed by atoms with Crippen LogP contribution < -0.4 is 0 Å². The average molecular weight is 641 g/mol. The van der Waals surface area contributed by atoms with Crippen LogP contribution >= 0.6 is 0 Å². The molecule has 10 aromatic rings. The molecule has 0 unspecified atom stereocenters. The zero-order valence-electron chi connectivity index (χ0n) is 26.9. The van der Waals surface area contributed by atoms with E-state index in [4.69, 9.17) is 19.4 Å². The molecule has 0 bridgehead atoms. The highest BCUT2D eigenvalue weighted by molar-refractivity contribution is 6.19. The number of rotatable bonds is 3. The average Bonchev–Trinajstić information content (AvgIpc) is 3.59. The lowest BCUT2D eigenvalue weighted by Gasteiger charge is -2.14. The summed E-state index contributed by atoms with van der Waals surface area (Å²) in [5.41, 5.74) is 5.36. The number of hydrogen-bond donors (Lipinski definition) is 0. The number of aromatic nitrogens is 4. The number of furan rings is 1. The Morgan fingerprint density at radius 2 is 0.840 bits per heavy atom. The van der Waals surface area contributed by atoms with Crippen molar-refractivity contribution in [1.82, 2.24) is 19.5 Å². The fourth-order valence-corrected chi connectivity index (χ4v) is 7.31. The number of hydrogen-bond acceptors (Lipinski definition) is 4. The zero-order chi connectivity index (χ0) is 33.0. The second kappa shape index (κ2) is 11.4. The summed E-state index contributed by atoms with van der Waals surface area (Å²) in [4.78, 5) is 15.8. The van der Waals surface area contributed by atoms with E-state index in [-0.39, 0.29) is 0 Å². The number of nitrogens with zero attached hydrogens (tertiary/aromatic N) is 4. The normalized spacial score (nSPS) is 11.6. The van der Waals surface area contributed by atoms with Gasteiger partial charge in [-0.15, -0.1) is 0 Å². The number of para-hydroxylation sites is 3. The van der Waals surface area contributed by atoms with Gasteiger partial charge in [0.25, 0.3) is 0 Å². The first-order valence-corrected chi connectivity index (χ1v) is 16.7. The molecular weight excluding hydrogens is 613 g/mol. The van der Waals surface area contributed by atoms with Crippen molar-refractivity contribution in [3.05, 3.63) is 170 Å². The molecule has 0 aliphatic heterocycles. The summed E-state index contributed by atoms with van der Waals surface area (Å²) in [6.07, 6.45) is 0. The quantitative estimate of drug-likeness (QED) is 0.193. The lowest BCUT2D eigenvalue weighted by atomic mass is 10.0. The third-order valence-corrected chi connectivity index (χ3v) is 9.51. The van der Waals surface area contributed by atoms with E-state index in [2.05, 4.69) is 114 Å². The first-order chi connectivity index (χ1) is 24.8. The molecule has 0 spiro atoms. The summed E-state index contributed by atoms with van der Waals surface area (Å²) in [6.45, 7) is 0. The standard InChI is InChI=1S/C45H28N4O/c1-2-15-29(16-3-1)43-46-44(37-24-14-28-41-42(37)36-23-10-13-27-40(36)50-41)48-45(47-43)49-38-25-11-8-21-34(38)32-19-6-4-17-30(32)31-18-5-7-20-33(31)35-22-9-12-26-39(35)49/h1-28H. The van der Waals surface area contributed by atoms with Gasteiger partial charge in [0.1, 0.15) is 11.2 Å². The Balaban J connectivity index is 1.43. The summed E-state index contributed by atoms with van der Waals surface area (Å²) in [7, 11) is 0. The summed E-state index contributed by atoms with van der Waals surface area (Å²) in [5, 5.41) is 8.79. The van der Waals surface area contributed by atoms with Gasteiger partial charge in [0.15, 0.2) is 11.6 Å². The van der Waals surface area contributed by atoms with Crippen LogP contribution in [0.4, 0.5) is 0 Å². The second-order valence-electron chi connectivity index (χ2n) is 12.4. The van der Waals surface area contributed by atoms with E-state index in [1.54, 1.807) is 0 Å². The van der Waals surface area contributed by atoms with Gasteiger partial charge in [-0.25, -0.2) is 4.98 Å². The third kappa shape index (κ3) is 4.45. The Morgan fingerprint density at radius 1 is 0.360 bits per heavy atom. The molecule has 50 heavy (non-hydrogen) atoms. The summed E-state index contributed by atoms with van der Waals surface area (Å²) in [5.74, 6) is 1.68. The minimum atomic E-state index is 0.524. The third-order valence-electron chi connectivity index (χ3n) is 9.51. The lowest BCUT2D eigenvalue weighted by Crippen LogP contribution is -2.08. The molecule has 10 rings (SSSR count). The van der Waals surface area contributed by atoms with Crippen molar-refractivity contribution in [3.63, 3.8) is 0 Å². The molecule has 0 aliphatic rings. The molecule has 5 heteroatoms. The molecule has 0 fully saturated rings. The van der Waals surface area contributed by atoms with E-state index < -0.39 is 0 Å². The SMILES string of the molecule is c1ccc(-c2nc(-c3cccc4oc5ccccc5c34)nc(-n3c4ccccc4c4ccccc4c4ccccc4c4ccccc43)n2)cc1. The molecule has 3 aromatic heterocycles. The van der Waals surface area contributed by atoms with Crippen LogP contribution in [0.15, 0.2) is 174 Å². The molecule has 5 nitrogen and oxygen atoms in total. The summed E-state index contributed by atoms with van der Waals surface area (Å²) >= 11 is 0. The molecule has 3 heterocycles. The second-order valence-corrected chi connectivity index (χ2v) is 12.4. The maximum atomic E-state index is 6.30.